The molecule has 1 amide bonds. The Bertz CT molecular complexity index is 440. The molecule has 1 unspecified atom stereocenters. The van der Waals surface area contributed by atoms with E-state index in [9.17, 15) is 4.79 Å². The monoisotopic (exact) mass is 262 g/mol. The number of rotatable bonds is 4. The Morgan fingerprint density at radius 3 is 2.95 bits per heavy atom. The van der Waals surface area contributed by atoms with Crippen LogP contribution in [0.3, 0.4) is 0 Å². The normalized spacial score (nSPS) is 18.9. The van der Waals surface area contributed by atoms with Crippen molar-refractivity contribution in [3.05, 3.63) is 23.8 Å². The fourth-order valence-electron chi connectivity index (χ4n) is 2.47. The van der Waals surface area contributed by atoms with E-state index in [2.05, 4.69) is 16.7 Å². The Kier molecular flexibility index (Phi) is 4.80. The lowest BCUT2D eigenvalue weighted by molar-refractivity contribution is -0.114. The molecule has 2 rings (SSSR count). The van der Waals surface area contributed by atoms with Crippen LogP contribution in [0.4, 0.5) is 5.69 Å². The van der Waals surface area contributed by atoms with Crippen LogP contribution in [0.25, 0.3) is 0 Å². The molecule has 1 saturated heterocycles. The lowest BCUT2D eigenvalue weighted by atomic mass is 9.97. The summed E-state index contributed by atoms with van der Waals surface area (Å²) in [5.74, 6) is 0.659. The maximum absolute atomic E-state index is 11.3. The van der Waals surface area contributed by atoms with Crippen LogP contribution >= 0.6 is 0 Å². The van der Waals surface area contributed by atoms with Gasteiger partial charge in [-0.2, -0.15) is 0 Å². The maximum atomic E-state index is 11.3. The second-order valence-corrected chi connectivity index (χ2v) is 4.87. The second kappa shape index (κ2) is 6.57. The Morgan fingerprint density at radius 2 is 2.32 bits per heavy atom. The molecule has 1 aliphatic rings. The van der Waals surface area contributed by atoms with Crippen LogP contribution in [0.5, 0.6) is 5.75 Å². The van der Waals surface area contributed by atoms with Crippen molar-refractivity contribution in [2.45, 2.75) is 39.2 Å². The van der Waals surface area contributed by atoms with Crippen molar-refractivity contribution in [3.8, 4) is 5.75 Å². The highest BCUT2D eigenvalue weighted by atomic mass is 16.5. The molecule has 1 atom stereocenters. The molecule has 1 fully saturated rings. The summed E-state index contributed by atoms with van der Waals surface area (Å²) in [7, 11) is 0. The third kappa shape index (κ3) is 3.70. The summed E-state index contributed by atoms with van der Waals surface area (Å²) in [4.78, 5) is 11.3. The number of piperidine rings is 1. The summed E-state index contributed by atoms with van der Waals surface area (Å²) in [6.07, 6.45) is 3.64. The van der Waals surface area contributed by atoms with Gasteiger partial charge in [-0.1, -0.05) is 12.5 Å². The van der Waals surface area contributed by atoms with Crippen LogP contribution in [0.1, 0.15) is 44.7 Å². The van der Waals surface area contributed by atoms with Gasteiger partial charge in [-0.25, -0.2) is 0 Å². The van der Waals surface area contributed by atoms with Gasteiger partial charge in [-0.05, 0) is 44.0 Å². The SMILES string of the molecule is CCOc1ccc(C2CCCCN2)cc1NC(C)=O. The third-order valence-electron chi connectivity index (χ3n) is 3.33. The van der Waals surface area contributed by atoms with Crippen molar-refractivity contribution in [2.75, 3.05) is 18.5 Å². The van der Waals surface area contributed by atoms with Gasteiger partial charge in [0, 0.05) is 13.0 Å². The Hall–Kier alpha value is -1.55. The molecule has 4 heteroatoms. The second-order valence-electron chi connectivity index (χ2n) is 4.87. The summed E-state index contributed by atoms with van der Waals surface area (Å²) in [6.45, 7) is 5.11. The van der Waals surface area contributed by atoms with Gasteiger partial charge >= 0.3 is 0 Å². The molecule has 0 radical (unpaired) electrons. The highest BCUT2D eigenvalue weighted by molar-refractivity contribution is 5.90. The minimum atomic E-state index is -0.0743. The van der Waals surface area contributed by atoms with Gasteiger partial charge in [0.25, 0.3) is 0 Å². The maximum Gasteiger partial charge on any atom is 0.221 e. The molecular weight excluding hydrogens is 240 g/mol. The number of carbonyl (C=O) groups excluding carboxylic acids is 1. The van der Waals surface area contributed by atoms with Crippen LogP contribution in [0.15, 0.2) is 18.2 Å². The summed E-state index contributed by atoms with van der Waals surface area (Å²) < 4.78 is 5.55. The van der Waals surface area contributed by atoms with Crippen LogP contribution in [0, 0.1) is 0 Å². The molecule has 0 bridgehead atoms. The third-order valence-corrected chi connectivity index (χ3v) is 3.33. The van der Waals surface area contributed by atoms with Gasteiger partial charge in [0.1, 0.15) is 5.75 Å². The molecule has 1 aromatic rings. The minimum Gasteiger partial charge on any atom is -0.492 e. The van der Waals surface area contributed by atoms with E-state index in [0.29, 0.717) is 12.6 Å². The quantitative estimate of drug-likeness (QED) is 0.877. The van der Waals surface area contributed by atoms with Gasteiger partial charge in [-0.3, -0.25) is 4.79 Å². The topological polar surface area (TPSA) is 50.4 Å². The number of ether oxygens (including phenoxy) is 1. The fraction of sp³-hybridized carbons (Fsp3) is 0.533. The zero-order valence-corrected chi connectivity index (χ0v) is 11.7. The molecule has 4 nitrogen and oxygen atoms in total. The average molecular weight is 262 g/mol. The van der Waals surface area contributed by atoms with Gasteiger partial charge in [0.2, 0.25) is 5.91 Å². The predicted octanol–water partition coefficient (Wildman–Crippen LogP) is 2.86. The molecule has 19 heavy (non-hydrogen) atoms. The lowest BCUT2D eigenvalue weighted by Crippen LogP contribution is -2.26. The lowest BCUT2D eigenvalue weighted by Gasteiger charge is -2.24. The van der Waals surface area contributed by atoms with Crippen molar-refractivity contribution >= 4 is 11.6 Å². The van der Waals surface area contributed by atoms with E-state index in [0.717, 1.165) is 24.4 Å². The first-order chi connectivity index (χ1) is 9.20. The van der Waals surface area contributed by atoms with E-state index >= 15 is 0 Å². The summed E-state index contributed by atoms with van der Waals surface area (Å²) in [6, 6.07) is 6.44. The Labute approximate surface area is 114 Å². The van der Waals surface area contributed by atoms with Crippen LogP contribution < -0.4 is 15.4 Å². The van der Waals surface area contributed by atoms with Crippen LogP contribution in [0.2, 0.25) is 0 Å². The van der Waals surface area contributed by atoms with E-state index in [4.69, 9.17) is 4.74 Å². The number of amides is 1. The number of hydrogen-bond donors (Lipinski definition) is 2. The van der Waals surface area contributed by atoms with Gasteiger partial charge < -0.3 is 15.4 Å². The highest BCUT2D eigenvalue weighted by Gasteiger charge is 2.16. The van der Waals surface area contributed by atoms with E-state index in [1.54, 1.807) is 0 Å². The predicted molar refractivity (Wildman–Crippen MR) is 76.5 cm³/mol. The smallest absolute Gasteiger partial charge is 0.221 e. The minimum absolute atomic E-state index is 0.0743. The average Bonchev–Trinajstić information content (AvgIpc) is 2.41. The summed E-state index contributed by atoms with van der Waals surface area (Å²) in [5.41, 5.74) is 1.98. The first kappa shape index (κ1) is 13.9. The van der Waals surface area contributed by atoms with Crippen LogP contribution in [-0.2, 0) is 4.79 Å². The first-order valence-electron chi connectivity index (χ1n) is 6.98. The standard InChI is InChI=1S/C15H22N2O2/c1-3-19-15-8-7-12(10-14(15)17-11(2)18)13-6-4-5-9-16-13/h7-8,10,13,16H,3-6,9H2,1-2H3,(H,17,18). The van der Waals surface area contributed by atoms with Crippen molar-refractivity contribution in [3.63, 3.8) is 0 Å². The molecule has 1 aliphatic heterocycles. The Balaban J connectivity index is 2.22. The van der Waals surface area contributed by atoms with Gasteiger partial charge in [-0.15, -0.1) is 0 Å². The zero-order chi connectivity index (χ0) is 13.7. The molecular formula is C15H22N2O2. The largest absolute Gasteiger partial charge is 0.492 e. The van der Waals surface area contributed by atoms with Crippen molar-refractivity contribution in [1.29, 1.82) is 0 Å². The van der Waals surface area contributed by atoms with E-state index < -0.39 is 0 Å². The molecule has 0 aromatic heterocycles. The number of carbonyl (C=O) groups is 1. The highest BCUT2D eigenvalue weighted by Crippen LogP contribution is 2.31. The van der Waals surface area contributed by atoms with Crippen molar-refractivity contribution in [1.82, 2.24) is 5.32 Å². The van der Waals surface area contributed by atoms with E-state index in [1.807, 2.05) is 19.1 Å². The molecule has 1 heterocycles. The molecule has 0 spiro atoms. The Morgan fingerprint density at radius 1 is 1.47 bits per heavy atom. The molecule has 0 saturated carbocycles. The molecule has 2 N–H and O–H groups in total. The van der Waals surface area contributed by atoms with Crippen molar-refractivity contribution < 1.29 is 9.53 Å². The number of hydrogen-bond acceptors (Lipinski definition) is 3. The van der Waals surface area contributed by atoms with Crippen molar-refractivity contribution in [2.24, 2.45) is 0 Å². The molecule has 0 aliphatic carbocycles. The molecule has 104 valence electrons. The number of benzene rings is 1. The first-order valence-corrected chi connectivity index (χ1v) is 6.98. The summed E-state index contributed by atoms with van der Waals surface area (Å²) in [5, 5.41) is 6.36. The molecule has 1 aromatic carbocycles. The van der Waals surface area contributed by atoms with E-state index in [-0.39, 0.29) is 5.91 Å². The van der Waals surface area contributed by atoms with E-state index in [1.165, 1.54) is 25.3 Å². The summed E-state index contributed by atoms with van der Waals surface area (Å²) >= 11 is 0. The zero-order valence-electron chi connectivity index (χ0n) is 11.7. The number of nitrogens with one attached hydrogen (secondary N) is 2. The number of anilines is 1. The van der Waals surface area contributed by atoms with Crippen LogP contribution in [-0.4, -0.2) is 19.1 Å². The fourth-order valence-corrected chi connectivity index (χ4v) is 2.47. The van der Waals surface area contributed by atoms with Gasteiger partial charge in [0.05, 0.1) is 12.3 Å². The van der Waals surface area contributed by atoms with Gasteiger partial charge in [0.15, 0.2) is 0 Å².